The summed E-state index contributed by atoms with van der Waals surface area (Å²) < 4.78 is 42.0. The number of nitrogens with one attached hydrogen (secondary N) is 1. The fourth-order valence-corrected chi connectivity index (χ4v) is 4.07. The van der Waals surface area contributed by atoms with Crippen LogP contribution in [0.25, 0.3) is 0 Å². The van der Waals surface area contributed by atoms with Crippen LogP contribution in [0.3, 0.4) is 0 Å². The van der Waals surface area contributed by atoms with Crippen LogP contribution < -0.4 is 19.2 Å². The van der Waals surface area contributed by atoms with Gasteiger partial charge >= 0.3 is 5.97 Å². The first-order valence-corrected chi connectivity index (χ1v) is 13.8. The lowest BCUT2D eigenvalue weighted by molar-refractivity contribution is -0.157. The van der Waals surface area contributed by atoms with Crippen molar-refractivity contribution in [2.75, 3.05) is 23.7 Å². The van der Waals surface area contributed by atoms with Crippen LogP contribution in [0.15, 0.2) is 84.0 Å². The highest BCUT2D eigenvalue weighted by Gasteiger charge is 2.21. The van der Waals surface area contributed by atoms with Gasteiger partial charge in [0.05, 0.1) is 18.2 Å². The Morgan fingerprint density at radius 1 is 0.897 bits per heavy atom. The first-order chi connectivity index (χ1) is 18.4. The fourth-order valence-electron chi connectivity index (χ4n) is 3.21. The van der Waals surface area contributed by atoms with Crippen molar-refractivity contribution >= 4 is 33.8 Å². The van der Waals surface area contributed by atoms with Crippen molar-refractivity contribution in [1.29, 1.82) is 0 Å². The zero-order chi connectivity index (χ0) is 28.5. The highest BCUT2D eigenvalue weighted by molar-refractivity contribution is 7.92. The number of anilines is 1. The fraction of sp³-hybridized carbons (Fsp3) is 0.250. The molecule has 3 aromatic carbocycles. The van der Waals surface area contributed by atoms with Crippen LogP contribution in [0.5, 0.6) is 17.2 Å². The Balaban J connectivity index is 1.54. The number of hydrogen-bond acceptors (Lipinski definition) is 8. The molecule has 206 valence electrons. The first-order valence-electron chi connectivity index (χ1n) is 12.0. The summed E-state index contributed by atoms with van der Waals surface area (Å²) in [5.41, 5.74) is 2.69. The van der Waals surface area contributed by atoms with E-state index < -0.39 is 34.0 Å². The molecular weight excluding hydrogens is 522 g/mol. The Labute approximate surface area is 228 Å². The number of nitrogens with zero attached hydrogens (tertiary/aromatic N) is 2. The van der Waals surface area contributed by atoms with Gasteiger partial charge in [0, 0.05) is 0 Å². The van der Waals surface area contributed by atoms with E-state index in [-0.39, 0.29) is 6.61 Å². The molecule has 0 saturated heterocycles. The molecule has 10 nitrogen and oxygen atoms in total. The quantitative estimate of drug-likeness (QED) is 0.215. The maximum Gasteiger partial charge on any atom is 0.344 e. The molecule has 0 bridgehead atoms. The van der Waals surface area contributed by atoms with E-state index in [4.69, 9.17) is 14.2 Å². The van der Waals surface area contributed by atoms with Crippen LogP contribution in [-0.2, 0) is 24.3 Å². The minimum atomic E-state index is -3.76. The normalized spacial score (nSPS) is 11.6. The standard InChI is InChI=1S/C28H31N3O7S/c1-28(2,3)38-27(33)20-36-23-14-10-21(11-15-23)18-29-30-26(32)19-31(39(4,34)35)22-12-16-25(17-13-22)37-24-8-6-5-7-9-24/h5-18H,19-20H2,1-4H3,(H,30,32)/b29-18-. The third kappa shape index (κ3) is 10.1. The molecule has 0 aliphatic rings. The molecule has 1 N–H and O–H groups in total. The molecule has 0 heterocycles. The lowest BCUT2D eigenvalue weighted by atomic mass is 10.2. The van der Waals surface area contributed by atoms with E-state index in [1.807, 2.05) is 18.2 Å². The third-order valence-corrected chi connectivity index (χ3v) is 5.99. The van der Waals surface area contributed by atoms with Crippen molar-refractivity contribution in [3.63, 3.8) is 0 Å². The third-order valence-electron chi connectivity index (χ3n) is 4.85. The molecule has 0 spiro atoms. The van der Waals surface area contributed by atoms with E-state index in [0.717, 1.165) is 10.6 Å². The molecule has 1 amide bonds. The summed E-state index contributed by atoms with van der Waals surface area (Å²) in [7, 11) is -3.76. The Morgan fingerprint density at radius 3 is 2.08 bits per heavy atom. The summed E-state index contributed by atoms with van der Waals surface area (Å²) in [5, 5.41) is 3.89. The van der Waals surface area contributed by atoms with Gasteiger partial charge in [0.15, 0.2) is 6.61 Å². The molecule has 3 rings (SSSR count). The van der Waals surface area contributed by atoms with Gasteiger partial charge in [0.2, 0.25) is 10.0 Å². The van der Waals surface area contributed by atoms with Crippen molar-refractivity contribution < 1.29 is 32.2 Å². The Hall–Kier alpha value is -4.38. The average Bonchev–Trinajstić information content (AvgIpc) is 2.86. The van der Waals surface area contributed by atoms with Crippen molar-refractivity contribution in [3.8, 4) is 17.2 Å². The van der Waals surface area contributed by atoms with E-state index in [1.165, 1.54) is 6.21 Å². The predicted octanol–water partition coefficient (Wildman–Crippen LogP) is 4.12. The van der Waals surface area contributed by atoms with Gasteiger partial charge in [0.1, 0.15) is 29.4 Å². The van der Waals surface area contributed by atoms with Crippen molar-refractivity contribution in [3.05, 3.63) is 84.4 Å². The molecule has 39 heavy (non-hydrogen) atoms. The lowest BCUT2D eigenvalue weighted by Gasteiger charge is -2.21. The average molecular weight is 554 g/mol. The predicted molar refractivity (Wildman–Crippen MR) is 149 cm³/mol. The molecular formula is C28H31N3O7S. The van der Waals surface area contributed by atoms with E-state index in [9.17, 15) is 18.0 Å². The second-order valence-corrected chi connectivity index (χ2v) is 11.3. The number of rotatable bonds is 11. The van der Waals surface area contributed by atoms with Gasteiger partial charge in [0.25, 0.3) is 5.91 Å². The van der Waals surface area contributed by atoms with Crippen LogP contribution in [0.2, 0.25) is 0 Å². The molecule has 11 heteroatoms. The zero-order valence-corrected chi connectivity index (χ0v) is 23.0. The minimum absolute atomic E-state index is 0.222. The summed E-state index contributed by atoms with van der Waals surface area (Å²) in [4.78, 5) is 24.2. The maximum absolute atomic E-state index is 12.5. The van der Waals surface area contributed by atoms with Crippen LogP contribution >= 0.6 is 0 Å². The molecule has 0 aromatic heterocycles. The lowest BCUT2D eigenvalue weighted by Crippen LogP contribution is -2.38. The smallest absolute Gasteiger partial charge is 0.344 e. The number of para-hydroxylation sites is 1. The van der Waals surface area contributed by atoms with Crippen molar-refractivity contribution in [1.82, 2.24) is 5.43 Å². The first kappa shape index (κ1) is 29.2. The summed E-state index contributed by atoms with van der Waals surface area (Å²) in [6.07, 6.45) is 2.42. The van der Waals surface area contributed by atoms with Crippen molar-refractivity contribution in [2.24, 2.45) is 5.10 Å². The largest absolute Gasteiger partial charge is 0.482 e. The number of carbonyl (C=O) groups excluding carboxylic acids is 2. The summed E-state index contributed by atoms with van der Waals surface area (Å²) >= 11 is 0. The molecule has 0 atom stereocenters. The number of hydrogen-bond donors (Lipinski definition) is 1. The van der Waals surface area contributed by atoms with E-state index >= 15 is 0 Å². The number of benzene rings is 3. The second kappa shape index (κ2) is 12.9. The van der Waals surface area contributed by atoms with Gasteiger partial charge in [-0.05, 0) is 87.0 Å². The molecule has 0 saturated carbocycles. The van der Waals surface area contributed by atoms with Gasteiger partial charge in [-0.25, -0.2) is 18.6 Å². The Morgan fingerprint density at radius 2 is 1.49 bits per heavy atom. The summed E-state index contributed by atoms with van der Waals surface area (Å²) in [6, 6.07) is 22.2. The Bertz CT molecular complexity index is 1380. The Kier molecular flexibility index (Phi) is 9.67. The van der Waals surface area contributed by atoms with Gasteiger partial charge < -0.3 is 14.2 Å². The van der Waals surface area contributed by atoms with E-state index in [1.54, 1.807) is 81.4 Å². The van der Waals surface area contributed by atoms with Crippen LogP contribution in [0.1, 0.15) is 26.3 Å². The number of sulfonamides is 1. The monoisotopic (exact) mass is 553 g/mol. The number of hydrazone groups is 1. The molecule has 0 unspecified atom stereocenters. The van der Waals surface area contributed by atoms with Crippen LogP contribution in [0, 0.1) is 0 Å². The van der Waals surface area contributed by atoms with Gasteiger partial charge in [-0.1, -0.05) is 18.2 Å². The SMILES string of the molecule is CC(C)(C)OC(=O)COc1ccc(/C=N\NC(=O)CN(c2ccc(Oc3ccccc3)cc2)S(C)(=O)=O)cc1. The molecule has 0 fully saturated rings. The van der Waals surface area contributed by atoms with E-state index in [2.05, 4.69) is 10.5 Å². The summed E-state index contributed by atoms with van der Waals surface area (Å²) in [5.74, 6) is 0.527. The molecule has 0 aliphatic heterocycles. The summed E-state index contributed by atoms with van der Waals surface area (Å²) in [6.45, 7) is 4.63. The van der Waals surface area contributed by atoms with Crippen molar-refractivity contribution in [2.45, 2.75) is 26.4 Å². The second-order valence-electron chi connectivity index (χ2n) is 9.42. The number of ether oxygens (including phenoxy) is 3. The highest BCUT2D eigenvalue weighted by Crippen LogP contribution is 2.25. The van der Waals surface area contributed by atoms with Crippen LogP contribution in [-0.4, -0.2) is 51.5 Å². The molecule has 3 aromatic rings. The van der Waals surface area contributed by atoms with Gasteiger partial charge in [-0.3, -0.25) is 9.10 Å². The molecule has 0 radical (unpaired) electrons. The van der Waals surface area contributed by atoms with Gasteiger partial charge in [-0.15, -0.1) is 0 Å². The molecule has 0 aliphatic carbocycles. The highest BCUT2D eigenvalue weighted by atomic mass is 32.2. The maximum atomic E-state index is 12.5. The number of esters is 1. The topological polar surface area (TPSA) is 124 Å². The minimum Gasteiger partial charge on any atom is -0.482 e. The van der Waals surface area contributed by atoms with E-state index in [0.29, 0.717) is 28.5 Å². The number of amides is 1. The zero-order valence-electron chi connectivity index (χ0n) is 22.2. The number of carbonyl (C=O) groups is 2. The van der Waals surface area contributed by atoms with Crippen LogP contribution in [0.4, 0.5) is 5.69 Å². The van der Waals surface area contributed by atoms with Gasteiger partial charge in [-0.2, -0.15) is 5.10 Å².